The van der Waals surface area contributed by atoms with E-state index in [1.807, 2.05) is 0 Å². The first-order chi connectivity index (χ1) is 36.5. The Morgan fingerprint density at radius 1 is 0.610 bits per heavy atom. The molecule has 436 valence electrons. The molecule has 0 aromatic heterocycles. The van der Waals surface area contributed by atoms with Crippen molar-refractivity contribution in [3.05, 3.63) is 47.0 Å². The number of allylic oxidation sites excluding steroid dienone is 4. The molecule has 6 saturated carbocycles. The summed E-state index contributed by atoms with van der Waals surface area (Å²) in [5.41, 5.74) is 5.17. The van der Waals surface area contributed by atoms with Crippen LogP contribution in [0.4, 0.5) is 0 Å². The van der Waals surface area contributed by atoms with Crippen molar-refractivity contribution >= 4 is 11.9 Å². The highest BCUT2D eigenvalue weighted by Gasteiger charge is 2.61. The fourth-order valence-electron chi connectivity index (χ4n) is 19.7. The lowest BCUT2D eigenvalue weighted by molar-refractivity contribution is -0.206. The highest BCUT2D eigenvalue weighted by Crippen LogP contribution is 2.69. The molecule has 6 fully saturated rings. The third-order valence-electron chi connectivity index (χ3n) is 23.7. The van der Waals surface area contributed by atoms with Gasteiger partial charge in [-0.25, -0.2) is 9.59 Å². The quantitative estimate of drug-likeness (QED) is 0.0384. The predicted octanol–water partition coefficient (Wildman–Crippen LogP) is 18.1. The summed E-state index contributed by atoms with van der Waals surface area (Å²) in [5.74, 6) is 8.88. The van der Waals surface area contributed by atoms with Crippen molar-refractivity contribution in [1.29, 1.82) is 0 Å². The number of carbonyl (C=O) groups excluding carboxylic acids is 1. The monoisotopic (exact) mass is 1070 g/mol. The minimum absolute atomic E-state index is 0.0725. The van der Waals surface area contributed by atoms with E-state index in [9.17, 15) is 14.7 Å². The van der Waals surface area contributed by atoms with Gasteiger partial charge in [-0.3, -0.25) is 0 Å². The van der Waals surface area contributed by atoms with Crippen molar-refractivity contribution in [3.8, 4) is 0 Å². The Morgan fingerprint density at radius 2 is 1.09 bits per heavy atom. The molecular weight excluding hydrogens is 957 g/mol. The van der Waals surface area contributed by atoms with Crippen LogP contribution in [0.25, 0.3) is 0 Å². The van der Waals surface area contributed by atoms with Gasteiger partial charge < -0.3 is 29.2 Å². The van der Waals surface area contributed by atoms with Gasteiger partial charge in [0.2, 0.25) is 5.79 Å². The summed E-state index contributed by atoms with van der Waals surface area (Å²) in [4.78, 5) is 22.5. The van der Waals surface area contributed by atoms with E-state index in [-0.39, 0.29) is 17.8 Å². The lowest BCUT2D eigenvalue weighted by Crippen LogP contribution is -2.51. The average molecular weight is 1070 g/mol. The number of aliphatic carboxylic acids is 1. The molecular formula is C69H112O8. The molecule has 9 aliphatic rings. The molecule has 8 nitrogen and oxygen atoms in total. The van der Waals surface area contributed by atoms with E-state index >= 15 is 0 Å². The molecule has 16 atom stereocenters. The van der Waals surface area contributed by atoms with Crippen LogP contribution in [0.5, 0.6) is 0 Å². The van der Waals surface area contributed by atoms with E-state index in [1.54, 1.807) is 25.0 Å². The number of carbonyl (C=O) groups is 2. The summed E-state index contributed by atoms with van der Waals surface area (Å²) in [6.45, 7) is 30.0. The first-order valence-corrected chi connectivity index (χ1v) is 32.3. The van der Waals surface area contributed by atoms with E-state index < -0.39 is 11.8 Å². The van der Waals surface area contributed by atoms with Crippen molar-refractivity contribution in [2.24, 2.45) is 92.7 Å². The van der Waals surface area contributed by atoms with Crippen LogP contribution in [0.2, 0.25) is 0 Å². The highest BCUT2D eigenvalue weighted by molar-refractivity contribution is 5.83. The van der Waals surface area contributed by atoms with Gasteiger partial charge in [-0.1, -0.05) is 131 Å². The number of carboxylic acid groups (broad SMARTS) is 1. The second-order valence-corrected chi connectivity index (χ2v) is 29.8. The molecule has 0 bridgehead atoms. The maximum absolute atomic E-state index is 11.8. The van der Waals surface area contributed by atoms with Crippen molar-refractivity contribution in [1.82, 2.24) is 0 Å². The summed E-state index contributed by atoms with van der Waals surface area (Å²) in [7, 11) is 0. The summed E-state index contributed by atoms with van der Waals surface area (Å²) >= 11 is 0. The lowest BCUT2D eigenvalue weighted by atomic mass is 9.47. The fourth-order valence-corrected chi connectivity index (χ4v) is 19.7. The number of cyclic esters (lactones) is 1. The second kappa shape index (κ2) is 25.3. The van der Waals surface area contributed by atoms with Crippen molar-refractivity contribution < 1.29 is 38.7 Å². The Morgan fingerprint density at radius 3 is 1.55 bits per heavy atom. The zero-order valence-electron chi connectivity index (χ0n) is 51.0. The van der Waals surface area contributed by atoms with Crippen molar-refractivity contribution in [2.75, 3.05) is 13.2 Å². The topological polar surface area (TPSA) is 112 Å². The Kier molecular flexibility index (Phi) is 19.9. The van der Waals surface area contributed by atoms with E-state index in [2.05, 4.69) is 81.4 Å². The fraction of sp³-hybridized carbons (Fsp3) is 0.855. The Balaban J connectivity index is 0.000000204. The zero-order valence-corrected chi connectivity index (χ0v) is 51.0. The van der Waals surface area contributed by atoms with Gasteiger partial charge in [0, 0.05) is 39.9 Å². The highest BCUT2D eigenvalue weighted by atomic mass is 16.7. The van der Waals surface area contributed by atoms with Gasteiger partial charge in [0.05, 0.1) is 30.1 Å². The smallest absolute Gasteiger partial charge is 0.337 e. The van der Waals surface area contributed by atoms with Gasteiger partial charge in [0.15, 0.2) is 0 Å². The number of esters is 1. The first kappa shape index (κ1) is 60.5. The van der Waals surface area contributed by atoms with E-state index in [1.165, 1.54) is 128 Å². The molecule has 2 N–H and O–H groups in total. The van der Waals surface area contributed by atoms with Crippen LogP contribution in [0.1, 0.15) is 250 Å². The number of hydrogen-bond donors (Lipinski definition) is 2. The van der Waals surface area contributed by atoms with Gasteiger partial charge in [-0.05, 0) is 208 Å². The number of hydrogen-bond acceptors (Lipinski definition) is 7. The number of ether oxygens (including phenoxy) is 4. The maximum Gasteiger partial charge on any atom is 0.337 e. The third kappa shape index (κ3) is 13.7. The zero-order chi connectivity index (χ0) is 55.5. The van der Waals surface area contributed by atoms with Crippen LogP contribution in [-0.2, 0) is 28.5 Å². The molecule has 0 unspecified atom stereocenters. The summed E-state index contributed by atoms with van der Waals surface area (Å²) < 4.78 is 23.6. The van der Waals surface area contributed by atoms with Crippen LogP contribution in [-0.4, -0.2) is 53.4 Å². The number of carboxylic acids is 1. The van der Waals surface area contributed by atoms with E-state index in [0.29, 0.717) is 66.0 Å². The molecule has 0 amide bonds. The van der Waals surface area contributed by atoms with Crippen LogP contribution < -0.4 is 0 Å². The number of fused-ring (bicyclic) bond motifs is 10. The van der Waals surface area contributed by atoms with Crippen LogP contribution in [0, 0.1) is 92.7 Å². The molecule has 77 heavy (non-hydrogen) atoms. The van der Waals surface area contributed by atoms with Gasteiger partial charge in [0.25, 0.3) is 0 Å². The maximum atomic E-state index is 11.8. The predicted molar refractivity (Wildman–Crippen MR) is 312 cm³/mol. The molecule has 9 rings (SSSR count). The van der Waals surface area contributed by atoms with Gasteiger partial charge in [-0.2, -0.15) is 0 Å². The number of aliphatic hydroxyl groups excluding tert-OH is 1. The van der Waals surface area contributed by atoms with Gasteiger partial charge >= 0.3 is 11.9 Å². The molecule has 0 spiro atoms. The SMILES string of the molecule is CC(C)CCC[C@@H](C)[C@H]1CC[C@H]2[C@@H]3CC=C4C[C@@H](OCCC/C(O)=C/C(=O)O)CC[C@]4(C)[C@H]3CC[C@]12C.CC(C)CCC[C@@H](C)[C@H]1CC[C@H]2[C@@H]3CC=C4C[C@@H](OCCCC5=CC(=O)OC(C)(C)O5)CC[C@]4(C)[C@H]3CC[C@]12C. The Hall–Kier alpha value is -2.58. The third-order valence-corrected chi connectivity index (χ3v) is 23.7. The van der Waals surface area contributed by atoms with E-state index in [4.69, 9.17) is 24.1 Å². The second-order valence-electron chi connectivity index (χ2n) is 29.8. The average Bonchev–Trinajstić information content (AvgIpc) is 4.16. The standard InChI is InChI=1S/C36H58O4.C33H54O4/c1-24(2)10-8-11-25(3)30-15-16-31-29-14-13-26-22-27(17-19-35(26,6)32(29)18-20-36(30,31)7)38-21-9-12-28-23-33(37)40-34(4,5)39-28;1-22(2)8-6-9-23(3)28-13-14-29-27-12-11-24-20-26(37-19-7-10-25(34)21-31(35)36)15-17-32(24,4)30(27)16-18-33(28,29)5/h13,23-25,27,29-32H,8-12,14-22H2,1-7H3;11,21-23,26-30,34H,6-10,12-20H2,1-5H3,(H,35,36)/b;25-21-/t25-,27+,29+,30-,31+,32+,35+,36-;23-,26+,27+,28-,29+,30+,32+,33-/m11/s1. The summed E-state index contributed by atoms with van der Waals surface area (Å²) in [6.07, 6.45) is 40.3. The molecule has 8 heteroatoms. The van der Waals surface area contributed by atoms with Gasteiger partial charge in [-0.15, -0.1) is 0 Å². The molecule has 1 aliphatic heterocycles. The molecule has 0 radical (unpaired) electrons. The molecule has 0 aromatic carbocycles. The summed E-state index contributed by atoms with van der Waals surface area (Å²) in [5, 5.41) is 18.4. The molecule has 1 heterocycles. The normalized spacial score (nSPS) is 38.9. The first-order valence-electron chi connectivity index (χ1n) is 32.3. The minimum Gasteiger partial charge on any atom is -0.512 e. The number of rotatable bonds is 21. The largest absolute Gasteiger partial charge is 0.512 e. The molecule has 8 aliphatic carbocycles. The Labute approximate surface area is 469 Å². The van der Waals surface area contributed by atoms with Crippen LogP contribution in [0.3, 0.4) is 0 Å². The van der Waals surface area contributed by atoms with Crippen molar-refractivity contribution in [3.63, 3.8) is 0 Å². The minimum atomic E-state index is -1.10. The Bertz CT molecular complexity index is 2130. The van der Waals surface area contributed by atoms with Crippen LogP contribution in [0.15, 0.2) is 47.0 Å². The van der Waals surface area contributed by atoms with Gasteiger partial charge in [0.1, 0.15) is 5.76 Å². The lowest BCUT2D eigenvalue weighted by Gasteiger charge is -2.58. The van der Waals surface area contributed by atoms with E-state index in [0.717, 1.165) is 103 Å². The van der Waals surface area contributed by atoms with Crippen LogP contribution >= 0.6 is 0 Å². The summed E-state index contributed by atoms with van der Waals surface area (Å²) in [6, 6.07) is 0. The molecule has 0 saturated heterocycles. The molecule has 0 aromatic rings. The van der Waals surface area contributed by atoms with Crippen molar-refractivity contribution in [2.45, 2.75) is 268 Å². The number of aliphatic hydroxyl groups is 1.